The third kappa shape index (κ3) is 6.98. The first kappa shape index (κ1) is 30.1. The van der Waals surface area contributed by atoms with Crippen molar-refractivity contribution in [3.63, 3.8) is 0 Å². The fraction of sp³-hybridized carbons (Fsp3) is 0.483. The number of ether oxygens (including phenoxy) is 3. The molecule has 0 radical (unpaired) electrons. The van der Waals surface area contributed by atoms with Crippen LogP contribution in [0.4, 0.5) is 5.69 Å². The smallest absolute Gasteiger partial charge is 0.242 e. The summed E-state index contributed by atoms with van der Waals surface area (Å²) in [5, 5.41) is 9.14. The van der Waals surface area contributed by atoms with Crippen molar-refractivity contribution in [3.05, 3.63) is 45.6 Å². The second-order valence-electron chi connectivity index (χ2n) is 9.74. The Morgan fingerprint density at radius 1 is 1.08 bits per heavy atom. The van der Waals surface area contributed by atoms with Gasteiger partial charge in [0.15, 0.2) is 11.5 Å². The van der Waals surface area contributed by atoms with Gasteiger partial charge < -0.3 is 30.2 Å². The van der Waals surface area contributed by atoms with Crippen LogP contribution in [-0.2, 0) is 16.0 Å². The number of nitrogens with one attached hydrogen (secondary N) is 3. The SMILES string of the molecule is COc1cc2c(c(OC)c1OC)-c1ccc(NC(CCSC)C(=O)NC(C)C)c(=O)cc1C(NC(C)=O)CC2. The van der Waals surface area contributed by atoms with Gasteiger partial charge in [0.2, 0.25) is 23.0 Å². The minimum atomic E-state index is -0.577. The van der Waals surface area contributed by atoms with Crippen molar-refractivity contribution < 1.29 is 23.8 Å². The number of hydrogen-bond acceptors (Lipinski definition) is 8. The van der Waals surface area contributed by atoms with Gasteiger partial charge in [0.1, 0.15) is 6.04 Å². The average molecular weight is 558 g/mol. The number of thioether (sulfide) groups is 1. The highest BCUT2D eigenvalue weighted by Crippen LogP contribution is 2.50. The molecule has 0 fully saturated rings. The molecular formula is C29H39N3O6S. The summed E-state index contributed by atoms with van der Waals surface area (Å²) in [5.74, 6) is 1.86. The summed E-state index contributed by atoms with van der Waals surface area (Å²) in [5.41, 5.74) is 3.14. The quantitative estimate of drug-likeness (QED) is 0.381. The van der Waals surface area contributed by atoms with E-state index in [1.54, 1.807) is 45.2 Å². The molecule has 0 bridgehead atoms. The zero-order valence-electron chi connectivity index (χ0n) is 23.7. The molecule has 9 nitrogen and oxygen atoms in total. The molecule has 1 aliphatic rings. The monoisotopic (exact) mass is 557 g/mol. The Morgan fingerprint density at radius 3 is 2.38 bits per heavy atom. The number of carbonyl (C=O) groups excluding carboxylic acids is 2. The summed E-state index contributed by atoms with van der Waals surface area (Å²) < 4.78 is 17.1. The zero-order chi connectivity index (χ0) is 28.7. The van der Waals surface area contributed by atoms with Crippen LogP contribution in [-0.4, -0.2) is 57.2 Å². The number of rotatable bonds is 11. The van der Waals surface area contributed by atoms with Gasteiger partial charge in [0.05, 0.1) is 33.1 Å². The van der Waals surface area contributed by atoms with Crippen LogP contribution in [0.15, 0.2) is 29.1 Å². The molecule has 0 saturated carbocycles. The van der Waals surface area contributed by atoms with E-state index in [-0.39, 0.29) is 23.3 Å². The van der Waals surface area contributed by atoms with Gasteiger partial charge in [-0.05, 0) is 80.0 Å². The maximum atomic E-state index is 13.6. The van der Waals surface area contributed by atoms with Crippen molar-refractivity contribution >= 4 is 29.3 Å². The van der Waals surface area contributed by atoms with E-state index in [0.29, 0.717) is 47.8 Å². The number of amides is 2. The lowest BCUT2D eigenvalue weighted by atomic mass is 9.95. The highest BCUT2D eigenvalue weighted by atomic mass is 32.2. The summed E-state index contributed by atoms with van der Waals surface area (Å²) in [6.07, 6.45) is 3.71. The topological polar surface area (TPSA) is 115 Å². The first-order valence-corrected chi connectivity index (χ1v) is 14.4. The number of anilines is 1. The minimum absolute atomic E-state index is 0.0277. The lowest BCUT2D eigenvalue weighted by Gasteiger charge is -2.20. The maximum Gasteiger partial charge on any atom is 0.242 e. The zero-order valence-corrected chi connectivity index (χ0v) is 24.5. The summed E-state index contributed by atoms with van der Waals surface area (Å²) >= 11 is 1.64. The van der Waals surface area contributed by atoms with Gasteiger partial charge in [-0.1, -0.05) is 6.07 Å². The molecule has 2 unspecified atom stereocenters. The van der Waals surface area contributed by atoms with Crippen molar-refractivity contribution in [2.24, 2.45) is 0 Å². The summed E-state index contributed by atoms with van der Waals surface area (Å²) in [7, 11) is 4.68. The molecule has 1 aliphatic carbocycles. The van der Waals surface area contributed by atoms with Gasteiger partial charge in [-0.3, -0.25) is 14.4 Å². The maximum absolute atomic E-state index is 13.6. The number of aryl methyl sites for hydroxylation is 1. The van der Waals surface area contributed by atoms with Crippen LogP contribution in [0.2, 0.25) is 0 Å². The van der Waals surface area contributed by atoms with Crippen LogP contribution in [0.1, 0.15) is 50.8 Å². The van der Waals surface area contributed by atoms with E-state index in [2.05, 4.69) is 16.0 Å². The molecule has 2 atom stereocenters. The highest BCUT2D eigenvalue weighted by molar-refractivity contribution is 7.98. The Kier molecular flexibility index (Phi) is 10.5. The summed E-state index contributed by atoms with van der Waals surface area (Å²) in [4.78, 5) is 38.7. The predicted molar refractivity (Wildman–Crippen MR) is 156 cm³/mol. The van der Waals surface area contributed by atoms with Crippen LogP contribution < -0.4 is 35.6 Å². The first-order valence-electron chi connectivity index (χ1n) is 13.0. The number of fused-ring (bicyclic) bond motifs is 3. The number of carbonyl (C=O) groups is 2. The Labute approximate surface area is 234 Å². The molecule has 0 saturated heterocycles. The van der Waals surface area contributed by atoms with E-state index in [1.165, 1.54) is 6.92 Å². The third-order valence-electron chi connectivity index (χ3n) is 6.60. The Balaban J connectivity index is 2.24. The average Bonchev–Trinajstić information content (AvgIpc) is 3.13. The van der Waals surface area contributed by atoms with Gasteiger partial charge >= 0.3 is 0 Å². The molecule has 0 aliphatic heterocycles. The number of methoxy groups -OCH3 is 3. The molecule has 10 heteroatoms. The molecule has 2 aromatic rings. The van der Waals surface area contributed by atoms with Crippen LogP contribution >= 0.6 is 11.8 Å². The van der Waals surface area contributed by atoms with Gasteiger partial charge in [0.25, 0.3) is 0 Å². The first-order chi connectivity index (χ1) is 18.6. The molecule has 0 heterocycles. The second-order valence-corrected chi connectivity index (χ2v) is 10.7. The van der Waals surface area contributed by atoms with Crippen molar-refractivity contribution in [2.75, 3.05) is 38.7 Å². The minimum Gasteiger partial charge on any atom is -0.493 e. The van der Waals surface area contributed by atoms with E-state index >= 15 is 0 Å². The molecule has 3 N–H and O–H groups in total. The normalized spacial score (nSPS) is 14.8. The van der Waals surface area contributed by atoms with E-state index in [4.69, 9.17) is 14.2 Å². The van der Waals surface area contributed by atoms with Gasteiger partial charge in [0, 0.05) is 18.5 Å². The van der Waals surface area contributed by atoms with E-state index < -0.39 is 12.1 Å². The summed E-state index contributed by atoms with van der Waals surface area (Å²) in [6.45, 7) is 5.26. The number of benzene rings is 1. The third-order valence-corrected chi connectivity index (χ3v) is 7.25. The fourth-order valence-corrected chi connectivity index (χ4v) is 5.38. The standard InChI is InChI=1S/C29H39N3O6S/c1-16(2)30-29(35)23(12-13-39-7)32-22-11-9-19-20(15-24(22)34)21(31-17(3)33)10-8-18-14-25(36-4)27(37-5)28(38-6)26(18)19/h9,11,14-16,21,23H,8,10,12-13H2,1-7H3,(H,30,35)(H,31,33)(H,32,34). The Morgan fingerprint density at radius 2 is 1.79 bits per heavy atom. The molecule has 0 aromatic heterocycles. The second kappa shape index (κ2) is 13.6. The number of hydrogen-bond donors (Lipinski definition) is 3. The predicted octanol–water partition coefficient (Wildman–Crippen LogP) is 3.92. The van der Waals surface area contributed by atoms with E-state index in [1.807, 2.05) is 32.2 Å². The molecule has 2 aromatic carbocycles. The fourth-order valence-electron chi connectivity index (χ4n) is 4.90. The van der Waals surface area contributed by atoms with Crippen LogP contribution in [0.3, 0.4) is 0 Å². The summed E-state index contributed by atoms with van der Waals surface area (Å²) in [6, 6.07) is 6.00. The molecular weight excluding hydrogens is 518 g/mol. The van der Waals surface area contributed by atoms with Crippen molar-refractivity contribution in [1.82, 2.24) is 10.6 Å². The molecule has 3 rings (SSSR count). The largest absolute Gasteiger partial charge is 0.493 e. The van der Waals surface area contributed by atoms with Gasteiger partial charge in [-0.25, -0.2) is 0 Å². The Bertz CT molecular complexity index is 1270. The molecule has 0 spiro atoms. The van der Waals surface area contributed by atoms with Crippen molar-refractivity contribution in [2.45, 2.75) is 58.2 Å². The molecule has 212 valence electrons. The van der Waals surface area contributed by atoms with Gasteiger partial charge in [-0.15, -0.1) is 0 Å². The van der Waals surface area contributed by atoms with Crippen molar-refractivity contribution in [3.8, 4) is 28.4 Å². The van der Waals surface area contributed by atoms with Crippen LogP contribution in [0.5, 0.6) is 17.2 Å². The lowest BCUT2D eigenvalue weighted by molar-refractivity contribution is -0.122. The molecule has 2 amide bonds. The highest BCUT2D eigenvalue weighted by Gasteiger charge is 2.30. The van der Waals surface area contributed by atoms with Gasteiger partial charge in [-0.2, -0.15) is 11.8 Å². The van der Waals surface area contributed by atoms with Crippen LogP contribution in [0, 0.1) is 0 Å². The van der Waals surface area contributed by atoms with Crippen LogP contribution in [0.25, 0.3) is 11.1 Å². The van der Waals surface area contributed by atoms with E-state index in [9.17, 15) is 14.4 Å². The molecule has 39 heavy (non-hydrogen) atoms. The Hall–Kier alpha value is -3.40. The van der Waals surface area contributed by atoms with Crippen molar-refractivity contribution in [1.29, 1.82) is 0 Å². The van der Waals surface area contributed by atoms with E-state index in [0.717, 1.165) is 22.4 Å². The lowest BCUT2D eigenvalue weighted by Crippen LogP contribution is -2.43.